The predicted molar refractivity (Wildman–Crippen MR) is 77.7 cm³/mol. The predicted octanol–water partition coefficient (Wildman–Crippen LogP) is 1.51. The van der Waals surface area contributed by atoms with Gasteiger partial charge in [0, 0.05) is 6.07 Å². The monoisotopic (exact) mass is 280 g/mol. The largest absolute Gasteiger partial charge is 0.334 e. The van der Waals surface area contributed by atoms with Gasteiger partial charge in [-0.05, 0) is 51.8 Å². The fourth-order valence-electron chi connectivity index (χ4n) is 1.65. The van der Waals surface area contributed by atoms with Crippen LogP contribution in [0, 0.1) is 24.0 Å². The van der Waals surface area contributed by atoms with Gasteiger partial charge in [-0.2, -0.15) is 0 Å². The Morgan fingerprint density at radius 1 is 1.30 bits per heavy atom. The molecule has 1 aromatic rings. The maximum atomic E-state index is 11.9. The van der Waals surface area contributed by atoms with Crippen molar-refractivity contribution < 1.29 is 15.0 Å². The summed E-state index contributed by atoms with van der Waals surface area (Å²) in [7, 11) is 0. The Bertz CT molecular complexity index is 533. The minimum atomic E-state index is -0.477. The molecule has 0 aliphatic carbocycles. The molecule has 0 fully saturated rings. The highest BCUT2D eigenvalue weighted by molar-refractivity contribution is 5.93. The van der Waals surface area contributed by atoms with Crippen molar-refractivity contribution in [3.63, 3.8) is 0 Å². The van der Waals surface area contributed by atoms with E-state index in [-0.39, 0.29) is 29.4 Å². The fraction of sp³-hybridized carbons (Fsp3) is 0.500. The van der Waals surface area contributed by atoms with Gasteiger partial charge in [0.05, 0.1) is 10.5 Å². The summed E-state index contributed by atoms with van der Waals surface area (Å²) < 4.78 is 0. The zero-order valence-electron chi connectivity index (χ0n) is 12.6. The molecule has 0 saturated carbocycles. The highest BCUT2D eigenvalue weighted by Gasteiger charge is 2.20. The molecule has 3 N–H and O–H groups in total. The van der Waals surface area contributed by atoms with Crippen molar-refractivity contribution in [1.82, 2.24) is 0 Å². The standard InChI is InChI=1S/C14H21N3O3/c1-9-6-11(12(17(19)20)7-10(9)2)16-13(18)8-15-14(3,4)5/h6-7,15H,8H2,1-5H3,(H,16,18)/p+1. The molecule has 1 amide bonds. The molecule has 6 heteroatoms. The second-order valence-electron chi connectivity index (χ2n) is 6.03. The lowest BCUT2D eigenvalue weighted by Gasteiger charge is -2.16. The van der Waals surface area contributed by atoms with Crippen molar-refractivity contribution in [3.05, 3.63) is 33.4 Å². The van der Waals surface area contributed by atoms with E-state index in [4.69, 9.17) is 0 Å². The van der Waals surface area contributed by atoms with E-state index in [1.807, 2.05) is 33.0 Å². The Morgan fingerprint density at radius 3 is 2.35 bits per heavy atom. The van der Waals surface area contributed by atoms with Crippen molar-refractivity contribution in [3.8, 4) is 0 Å². The molecule has 0 bridgehead atoms. The summed E-state index contributed by atoms with van der Waals surface area (Å²) in [6.45, 7) is 9.89. The summed E-state index contributed by atoms with van der Waals surface area (Å²) in [4.78, 5) is 22.4. The molecule has 1 aromatic carbocycles. The number of hydrogen-bond acceptors (Lipinski definition) is 3. The number of hydrogen-bond donors (Lipinski definition) is 2. The van der Waals surface area contributed by atoms with Crippen LogP contribution in [0.25, 0.3) is 0 Å². The second-order valence-corrected chi connectivity index (χ2v) is 6.03. The first kappa shape index (κ1) is 16.1. The molecule has 0 unspecified atom stereocenters. The van der Waals surface area contributed by atoms with Crippen molar-refractivity contribution >= 4 is 17.3 Å². The van der Waals surface area contributed by atoms with Gasteiger partial charge in [0.1, 0.15) is 5.69 Å². The molecule has 0 aliphatic heterocycles. The van der Waals surface area contributed by atoms with Crippen LogP contribution in [0.15, 0.2) is 12.1 Å². The first-order valence-electron chi connectivity index (χ1n) is 6.50. The Balaban J connectivity index is 2.89. The summed E-state index contributed by atoms with van der Waals surface area (Å²) in [5.74, 6) is -0.244. The topological polar surface area (TPSA) is 88.8 Å². The molecule has 0 heterocycles. The highest BCUT2D eigenvalue weighted by Crippen LogP contribution is 2.27. The van der Waals surface area contributed by atoms with Crippen LogP contribution < -0.4 is 10.6 Å². The van der Waals surface area contributed by atoms with Crippen LogP contribution in [0.2, 0.25) is 0 Å². The average Bonchev–Trinajstić information content (AvgIpc) is 2.29. The van der Waals surface area contributed by atoms with E-state index in [0.29, 0.717) is 0 Å². The Morgan fingerprint density at radius 2 is 1.85 bits per heavy atom. The number of rotatable bonds is 4. The summed E-state index contributed by atoms with van der Waals surface area (Å²) in [5, 5.41) is 15.5. The number of aryl methyl sites for hydroxylation is 2. The first-order chi connectivity index (χ1) is 9.10. The minimum absolute atomic E-state index is 0.0630. The number of benzene rings is 1. The van der Waals surface area contributed by atoms with E-state index in [2.05, 4.69) is 5.32 Å². The number of carbonyl (C=O) groups excluding carboxylic acids is 1. The molecule has 0 aromatic heterocycles. The zero-order chi connectivity index (χ0) is 15.5. The van der Waals surface area contributed by atoms with Crippen LogP contribution in [0.1, 0.15) is 31.9 Å². The van der Waals surface area contributed by atoms with Gasteiger partial charge in [0.2, 0.25) is 0 Å². The van der Waals surface area contributed by atoms with Gasteiger partial charge < -0.3 is 10.6 Å². The third-order valence-corrected chi connectivity index (χ3v) is 2.98. The Hall–Kier alpha value is -1.95. The van der Waals surface area contributed by atoms with E-state index < -0.39 is 4.92 Å². The molecular weight excluding hydrogens is 258 g/mol. The van der Waals surface area contributed by atoms with Gasteiger partial charge in [0.25, 0.3) is 11.6 Å². The molecule has 110 valence electrons. The normalized spacial score (nSPS) is 11.2. The maximum absolute atomic E-state index is 11.9. The van der Waals surface area contributed by atoms with E-state index in [1.165, 1.54) is 6.07 Å². The summed E-state index contributed by atoms with van der Waals surface area (Å²) in [5.41, 5.74) is 1.86. The number of nitrogens with zero attached hydrogens (tertiary/aromatic N) is 1. The van der Waals surface area contributed by atoms with E-state index in [1.54, 1.807) is 13.0 Å². The number of amides is 1. The molecule has 0 radical (unpaired) electrons. The van der Waals surface area contributed by atoms with Crippen molar-refractivity contribution in [2.75, 3.05) is 11.9 Å². The average molecular weight is 280 g/mol. The number of nitro benzene ring substituents is 1. The van der Waals surface area contributed by atoms with Gasteiger partial charge in [0.15, 0.2) is 6.54 Å². The van der Waals surface area contributed by atoms with Gasteiger partial charge in [-0.3, -0.25) is 14.9 Å². The van der Waals surface area contributed by atoms with Crippen LogP contribution in [0.5, 0.6) is 0 Å². The third-order valence-electron chi connectivity index (χ3n) is 2.98. The minimum Gasteiger partial charge on any atom is -0.334 e. The van der Waals surface area contributed by atoms with Crippen LogP contribution in [0.3, 0.4) is 0 Å². The van der Waals surface area contributed by atoms with Crippen molar-refractivity contribution in [1.29, 1.82) is 0 Å². The summed E-state index contributed by atoms with van der Waals surface area (Å²) in [6.07, 6.45) is 0. The lowest BCUT2D eigenvalue weighted by atomic mass is 10.1. The molecule has 0 spiro atoms. The SMILES string of the molecule is Cc1cc(NC(=O)C[NH2+]C(C)(C)C)c([N+](=O)[O-])cc1C. The molecule has 20 heavy (non-hydrogen) atoms. The van der Waals surface area contributed by atoms with Crippen LogP contribution >= 0.6 is 0 Å². The van der Waals surface area contributed by atoms with Gasteiger partial charge >= 0.3 is 0 Å². The quantitative estimate of drug-likeness (QED) is 0.647. The van der Waals surface area contributed by atoms with Crippen LogP contribution in [0.4, 0.5) is 11.4 Å². The Kier molecular flexibility index (Phi) is 4.83. The number of nitrogens with two attached hydrogens (primary N) is 1. The number of anilines is 1. The molecule has 0 atom stereocenters. The summed E-state index contributed by atoms with van der Waals surface area (Å²) >= 11 is 0. The lowest BCUT2D eigenvalue weighted by Crippen LogP contribution is -2.95. The summed E-state index contributed by atoms with van der Waals surface area (Å²) in [6, 6.07) is 3.13. The number of nitro groups is 1. The molecule has 6 nitrogen and oxygen atoms in total. The van der Waals surface area contributed by atoms with Crippen molar-refractivity contribution in [2.45, 2.75) is 40.2 Å². The maximum Gasteiger partial charge on any atom is 0.293 e. The Labute approximate surface area is 118 Å². The van der Waals surface area contributed by atoms with Crippen molar-refractivity contribution in [2.24, 2.45) is 0 Å². The fourth-order valence-corrected chi connectivity index (χ4v) is 1.65. The lowest BCUT2D eigenvalue weighted by molar-refractivity contribution is -0.707. The number of carbonyl (C=O) groups is 1. The van der Waals surface area contributed by atoms with Gasteiger partial charge in [-0.25, -0.2) is 0 Å². The van der Waals surface area contributed by atoms with Crippen LogP contribution in [-0.4, -0.2) is 22.9 Å². The zero-order valence-corrected chi connectivity index (χ0v) is 12.6. The van der Waals surface area contributed by atoms with Crippen LogP contribution in [-0.2, 0) is 4.79 Å². The molecule has 1 rings (SSSR count). The third kappa shape index (κ3) is 4.62. The van der Waals surface area contributed by atoms with Gasteiger partial charge in [-0.15, -0.1) is 0 Å². The number of quaternary nitrogens is 1. The van der Waals surface area contributed by atoms with E-state index >= 15 is 0 Å². The van der Waals surface area contributed by atoms with E-state index in [0.717, 1.165) is 11.1 Å². The first-order valence-corrected chi connectivity index (χ1v) is 6.50. The smallest absolute Gasteiger partial charge is 0.293 e. The second kappa shape index (κ2) is 6.00. The van der Waals surface area contributed by atoms with E-state index in [9.17, 15) is 14.9 Å². The molecule has 0 aliphatic rings. The molecular formula is C14H22N3O3+. The van der Waals surface area contributed by atoms with Gasteiger partial charge in [-0.1, -0.05) is 0 Å². The number of nitrogens with one attached hydrogen (secondary N) is 1. The highest BCUT2D eigenvalue weighted by atomic mass is 16.6. The molecule has 0 saturated heterocycles.